The van der Waals surface area contributed by atoms with Crippen molar-refractivity contribution in [1.29, 1.82) is 0 Å². The maximum Gasteiger partial charge on any atom is 0.193 e. The third kappa shape index (κ3) is 6.08. The smallest absolute Gasteiger partial charge is 0.193 e. The SMILES string of the molecule is CN=C(NCC(C)(C)SC)N(C)Cc1nc2c(s1)CCCC2.I. The van der Waals surface area contributed by atoms with E-state index in [-0.39, 0.29) is 28.7 Å². The fraction of sp³-hybridized carbons (Fsp3) is 0.750. The second-order valence-corrected chi connectivity index (χ2v) is 9.09. The number of nitrogens with zero attached hydrogens (tertiary/aromatic N) is 3. The van der Waals surface area contributed by atoms with Crippen molar-refractivity contribution in [2.24, 2.45) is 4.99 Å². The van der Waals surface area contributed by atoms with Crippen LogP contribution in [-0.4, -0.2) is 47.5 Å². The van der Waals surface area contributed by atoms with Crippen LogP contribution in [0.2, 0.25) is 0 Å². The Kier molecular flexibility index (Phi) is 8.65. The molecule has 0 unspecified atom stereocenters. The minimum Gasteiger partial charge on any atom is -0.355 e. The first kappa shape index (κ1) is 21.0. The molecule has 7 heteroatoms. The number of aliphatic imine (C=N–C) groups is 1. The molecule has 0 aliphatic heterocycles. The summed E-state index contributed by atoms with van der Waals surface area (Å²) in [6.45, 7) is 6.22. The van der Waals surface area contributed by atoms with E-state index in [1.165, 1.54) is 34.8 Å². The molecule has 1 N–H and O–H groups in total. The highest BCUT2D eigenvalue weighted by molar-refractivity contribution is 14.0. The summed E-state index contributed by atoms with van der Waals surface area (Å²) in [6, 6.07) is 0. The number of thioether (sulfide) groups is 1. The van der Waals surface area contributed by atoms with Gasteiger partial charge in [0.1, 0.15) is 5.01 Å². The Balaban J connectivity index is 0.00000264. The molecule has 1 aromatic rings. The lowest BCUT2D eigenvalue weighted by molar-refractivity contribution is 0.470. The van der Waals surface area contributed by atoms with Crippen LogP contribution in [0.1, 0.15) is 42.3 Å². The number of halogens is 1. The number of rotatable bonds is 5. The van der Waals surface area contributed by atoms with E-state index in [1.54, 1.807) is 0 Å². The van der Waals surface area contributed by atoms with Crippen molar-refractivity contribution in [3.63, 3.8) is 0 Å². The molecule has 0 saturated carbocycles. The summed E-state index contributed by atoms with van der Waals surface area (Å²) in [5.41, 5.74) is 1.34. The topological polar surface area (TPSA) is 40.5 Å². The van der Waals surface area contributed by atoms with Gasteiger partial charge >= 0.3 is 0 Å². The molecule has 1 heterocycles. The van der Waals surface area contributed by atoms with Gasteiger partial charge in [-0.25, -0.2) is 4.98 Å². The maximum absolute atomic E-state index is 4.82. The molecule has 23 heavy (non-hydrogen) atoms. The molecule has 4 nitrogen and oxygen atoms in total. The van der Waals surface area contributed by atoms with Crippen LogP contribution in [0.5, 0.6) is 0 Å². The molecular formula is C16H29IN4S2. The van der Waals surface area contributed by atoms with Gasteiger partial charge in [-0.1, -0.05) is 0 Å². The molecule has 0 radical (unpaired) electrons. The van der Waals surface area contributed by atoms with Crippen molar-refractivity contribution >= 4 is 53.0 Å². The lowest BCUT2D eigenvalue weighted by Gasteiger charge is -2.27. The molecule has 0 aromatic carbocycles. The van der Waals surface area contributed by atoms with E-state index in [2.05, 4.69) is 42.4 Å². The van der Waals surface area contributed by atoms with Crippen molar-refractivity contribution in [1.82, 2.24) is 15.2 Å². The number of fused-ring (bicyclic) bond motifs is 1. The lowest BCUT2D eigenvalue weighted by atomic mass is 10.0. The third-order valence-corrected chi connectivity index (χ3v) is 6.45. The molecule has 1 aliphatic rings. The van der Waals surface area contributed by atoms with Gasteiger partial charge in [-0.15, -0.1) is 35.3 Å². The fourth-order valence-corrected chi connectivity index (χ4v) is 3.93. The zero-order valence-electron chi connectivity index (χ0n) is 14.8. The molecule has 0 fully saturated rings. The molecule has 1 aromatic heterocycles. The highest BCUT2D eigenvalue weighted by Gasteiger charge is 2.19. The molecule has 0 bridgehead atoms. The summed E-state index contributed by atoms with van der Waals surface area (Å²) < 4.78 is 0.205. The Labute approximate surface area is 166 Å². The van der Waals surface area contributed by atoms with Crippen LogP contribution >= 0.6 is 47.1 Å². The number of aromatic nitrogens is 1. The van der Waals surface area contributed by atoms with Crippen LogP contribution < -0.4 is 5.32 Å². The van der Waals surface area contributed by atoms with Crippen molar-refractivity contribution in [3.8, 4) is 0 Å². The summed E-state index contributed by atoms with van der Waals surface area (Å²) in [5.74, 6) is 0.940. The quantitative estimate of drug-likeness (QED) is 0.406. The first-order chi connectivity index (χ1) is 10.4. The summed E-state index contributed by atoms with van der Waals surface area (Å²) in [5, 5.41) is 4.68. The second kappa shape index (κ2) is 9.46. The van der Waals surface area contributed by atoms with Gasteiger partial charge in [0.25, 0.3) is 0 Å². The zero-order chi connectivity index (χ0) is 16.2. The summed E-state index contributed by atoms with van der Waals surface area (Å²) >= 11 is 3.75. The summed E-state index contributed by atoms with van der Waals surface area (Å²) in [7, 11) is 3.93. The molecule has 0 spiro atoms. The molecule has 0 atom stereocenters. The summed E-state index contributed by atoms with van der Waals surface area (Å²) in [6.07, 6.45) is 7.13. The normalized spacial score (nSPS) is 14.9. The lowest BCUT2D eigenvalue weighted by Crippen LogP contribution is -2.43. The predicted octanol–water partition coefficient (Wildman–Crippen LogP) is 3.79. The average molecular weight is 468 g/mol. The Morgan fingerprint density at radius 1 is 1.39 bits per heavy atom. The van der Waals surface area contributed by atoms with Crippen LogP contribution in [0.4, 0.5) is 0 Å². The molecule has 132 valence electrons. The van der Waals surface area contributed by atoms with E-state index < -0.39 is 0 Å². The van der Waals surface area contributed by atoms with Crippen LogP contribution in [-0.2, 0) is 19.4 Å². The number of nitrogens with one attached hydrogen (secondary N) is 1. The first-order valence-corrected chi connectivity index (χ1v) is 9.93. The Morgan fingerprint density at radius 3 is 2.70 bits per heavy atom. The number of hydrogen-bond donors (Lipinski definition) is 1. The van der Waals surface area contributed by atoms with Gasteiger partial charge in [0.05, 0.1) is 12.2 Å². The van der Waals surface area contributed by atoms with Gasteiger partial charge in [-0.2, -0.15) is 11.8 Å². The molecule has 2 rings (SSSR count). The van der Waals surface area contributed by atoms with Crippen molar-refractivity contribution < 1.29 is 0 Å². The Bertz CT molecular complexity index is 505. The standard InChI is InChI=1S/C16H28N4S2.HI/c1-16(2,21-5)11-18-15(17-3)20(4)10-14-19-12-8-6-7-9-13(12)22-14;/h6-11H2,1-5H3,(H,17,18);1H. The minimum atomic E-state index is 0. The van der Waals surface area contributed by atoms with Crippen LogP contribution in [0.3, 0.4) is 0 Å². The Morgan fingerprint density at radius 2 is 2.09 bits per heavy atom. The zero-order valence-corrected chi connectivity index (χ0v) is 18.8. The largest absolute Gasteiger partial charge is 0.355 e. The number of thiazole rings is 1. The molecule has 1 aliphatic carbocycles. The van der Waals surface area contributed by atoms with Gasteiger partial charge in [0.2, 0.25) is 0 Å². The van der Waals surface area contributed by atoms with Gasteiger partial charge in [0, 0.05) is 30.3 Å². The number of hydrogen-bond acceptors (Lipinski definition) is 4. The minimum absolute atomic E-state index is 0. The van der Waals surface area contributed by atoms with E-state index >= 15 is 0 Å². The third-order valence-electron chi connectivity index (χ3n) is 4.06. The van der Waals surface area contributed by atoms with E-state index in [0.717, 1.165) is 25.5 Å². The maximum atomic E-state index is 4.82. The van der Waals surface area contributed by atoms with E-state index in [0.29, 0.717) is 0 Å². The van der Waals surface area contributed by atoms with Crippen LogP contribution in [0.25, 0.3) is 0 Å². The highest BCUT2D eigenvalue weighted by Crippen LogP contribution is 2.27. The highest BCUT2D eigenvalue weighted by atomic mass is 127. The predicted molar refractivity (Wildman–Crippen MR) is 115 cm³/mol. The molecule has 0 amide bonds. The van der Waals surface area contributed by atoms with Gasteiger partial charge in [-0.3, -0.25) is 4.99 Å². The van der Waals surface area contributed by atoms with E-state index in [4.69, 9.17) is 4.98 Å². The number of aryl methyl sites for hydroxylation is 2. The first-order valence-electron chi connectivity index (χ1n) is 7.89. The van der Waals surface area contributed by atoms with Crippen molar-refractivity contribution in [2.75, 3.05) is 26.9 Å². The summed E-state index contributed by atoms with van der Waals surface area (Å²) in [4.78, 5) is 12.9. The number of guanidine groups is 1. The second-order valence-electron chi connectivity index (χ2n) is 6.41. The van der Waals surface area contributed by atoms with Gasteiger partial charge in [-0.05, 0) is 45.8 Å². The Hall–Kier alpha value is -0.0200. The van der Waals surface area contributed by atoms with Crippen LogP contribution in [0.15, 0.2) is 4.99 Å². The van der Waals surface area contributed by atoms with E-state index in [9.17, 15) is 0 Å². The molecular weight excluding hydrogens is 439 g/mol. The molecule has 0 saturated heterocycles. The van der Waals surface area contributed by atoms with Gasteiger partial charge in [0.15, 0.2) is 5.96 Å². The monoisotopic (exact) mass is 468 g/mol. The van der Waals surface area contributed by atoms with E-state index in [1.807, 2.05) is 30.1 Å². The van der Waals surface area contributed by atoms with Gasteiger partial charge < -0.3 is 10.2 Å². The fourth-order valence-electron chi connectivity index (χ4n) is 2.50. The van der Waals surface area contributed by atoms with Crippen molar-refractivity contribution in [2.45, 2.75) is 50.8 Å². The van der Waals surface area contributed by atoms with Crippen LogP contribution in [0, 0.1) is 0 Å². The van der Waals surface area contributed by atoms with Crippen molar-refractivity contribution in [3.05, 3.63) is 15.6 Å². The average Bonchev–Trinajstić information content (AvgIpc) is 2.89.